The molecule has 1 aliphatic heterocycles. The molecular formula is C14H26N2O2. The Bertz CT molecular complexity index is 277. The third-order valence-electron chi connectivity index (χ3n) is 4.40. The molecule has 1 amide bonds. The van der Waals surface area contributed by atoms with E-state index >= 15 is 0 Å². The van der Waals surface area contributed by atoms with Crippen molar-refractivity contribution in [3.63, 3.8) is 0 Å². The van der Waals surface area contributed by atoms with Crippen molar-refractivity contribution in [3.8, 4) is 0 Å². The fourth-order valence-corrected chi connectivity index (χ4v) is 3.31. The van der Waals surface area contributed by atoms with E-state index in [4.69, 9.17) is 0 Å². The van der Waals surface area contributed by atoms with Gasteiger partial charge in [-0.2, -0.15) is 0 Å². The first-order chi connectivity index (χ1) is 8.72. The Kier molecular flexibility index (Phi) is 5.01. The van der Waals surface area contributed by atoms with Crippen LogP contribution in [0, 0.1) is 5.92 Å². The fourth-order valence-electron chi connectivity index (χ4n) is 3.31. The average molecular weight is 254 g/mol. The smallest absolute Gasteiger partial charge is 0.242 e. The van der Waals surface area contributed by atoms with Crippen LogP contribution in [0.4, 0.5) is 0 Å². The number of carbonyl (C=O) groups is 1. The molecule has 4 heteroatoms. The minimum Gasteiger partial charge on any atom is -0.391 e. The lowest BCUT2D eigenvalue weighted by Crippen LogP contribution is -2.50. The van der Waals surface area contributed by atoms with E-state index in [1.54, 1.807) is 7.05 Å². The third kappa shape index (κ3) is 3.23. The highest BCUT2D eigenvalue weighted by atomic mass is 16.3. The average Bonchev–Trinajstić information content (AvgIpc) is 2.51. The summed E-state index contributed by atoms with van der Waals surface area (Å²) >= 11 is 0. The van der Waals surface area contributed by atoms with E-state index < -0.39 is 12.1 Å². The molecule has 0 aromatic heterocycles. The molecule has 1 saturated carbocycles. The third-order valence-corrected chi connectivity index (χ3v) is 4.40. The second kappa shape index (κ2) is 6.53. The van der Waals surface area contributed by atoms with Crippen LogP contribution in [-0.2, 0) is 4.79 Å². The Morgan fingerprint density at radius 1 is 1.22 bits per heavy atom. The summed E-state index contributed by atoms with van der Waals surface area (Å²) in [7, 11) is 1.76. The number of likely N-dealkylation sites (N-methyl/N-ethyl adjacent to an activating group) is 1. The zero-order valence-electron chi connectivity index (χ0n) is 11.4. The van der Waals surface area contributed by atoms with Crippen molar-refractivity contribution in [2.24, 2.45) is 5.92 Å². The lowest BCUT2D eigenvalue weighted by atomic mass is 9.89. The zero-order valence-corrected chi connectivity index (χ0v) is 11.4. The molecular weight excluding hydrogens is 228 g/mol. The van der Waals surface area contributed by atoms with Crippen molar-refractivity contribution in [2.45, 2.75) is 57.1 Å². The summed E-state index contributed by atoms with van der Waals surface area (Å²) in [5.41, 5.74) is 0. The van der Waals surface area contributed by atoms with Gasteiger partial charge in [0.05, 0.1) is 6.10 Å². The number of hydrogen-bond donors (Lipinski definition) is 2. The summed E-state index contributed by atoms with van der Waals surface area (Å²) in [6.07, 6.45) is 7.60. The van der Waals surface area contributed by atoms with Gasteiger partial charge in [-0.3, -0.25) is 4.79 Å². The van der Waals surface area contributed by atoms with Gasteiger partial charge in [-0.05, 0) is 38.6 Å². The molecule has 4 nitrogen and oxygen atoms in total. The highest BCUT2D eigenvalue weighted by Crippen LogP contribution is 2.25. The maximum Gasteiger partial charge on any atom is 0.242 e. The molecule has 1 aliphatic carbocycles. The van der Waals surface area contributed by atoms with Crippen LogP contribution >= 0.6 is 0 Å². The predicted octanol–water partition coefficient (Wildman–Crippen LogP) is 1.14. The lowest BCUT2D eigenvalue weighted by molar-refractivity contribution is -0.135. The SMILES string of the molecule is CNC1C(=O)N(CC2CCCCC2)CCCC1O. The first kappa shape index (κ1) is 13.8. The van der Waals surface area contributed by atoms with Crippen molar-refractivity contribution in [1.29, 1.82) is 0 Å². The number of nitrogens with zero attached hydrogens (tertiary/aromatic N) is 1. The summed E-state index contributed by atoms with van der Waals surface area (Å²) in [5.74, 6) is 0.767. The van der Waals surface area contributed by atoms with Gasteiger partial charge in [0, 0.05) is 13.1 Å². The van der Waals surface area contributed by atoms with Gasteiger partial charge in [-0.1, -0.05) is 19.3 Å². The number of amides is 1. The van der Waals surface area contributed by atoms with E-state index in [0.717, 1.165) is 25.9 Å². The normalized spacial score (nSPS) is 31.4. The van der Waals surface area contributed by atoms with Gasteiger partial charge in [-0.15, -0.1) is 0 Å². The van der Waals surface area contributed by atoms with E-state index in [1.807, 2.05) is 4.90 Å². The van der Waals surface area contributed by atoms with Gasteiger partial charge in [0.25, 0.3) is 0 Å². The van der Waals surface area contributed by atoms with Crippen LogP contribution in [0.2, 0.25) is 0 Å². The number of carbonyl (C=O) groups excluding carboxylic acids is 1. The zero-order chi connectivity index (χ0) is 13.0. The molecule has 0 spiro atoms. The van der Waals surface area contributed by atoms with E-state index in [9.17, 15) is 9.90 Å². The predicted molar refractivity (Wildman–Crippen MR) is 71.2 cm³/mol. The van der Waals surface area contributed by atoms with Crippen molar-refractivity contribution in [1.82, 2.24) is 10.2 Å². The van der Waals surface area contributed by atoms with Gasteiger partial charge < -0.3 is 15.3 Å². The molecule has 0 aromatic carbocycles. The summed E-state index contributed by atoms with van der Waals surface area (Å²) in [4.78, 5) is 14.3. The summed E-state index contributed by atoms with van der Waals surface area (Å²) in [6.45, 7) is 1.70. The summed E-state index contributed by atoms with van der Waals surface area (Å²) in [6, 6.07) is -0.406. The molecule has 2 unspecified atom stereocenters. The Balaban J connectivity index is 1.95. The minimum absolute atomic E-state index is 0.0908. The first-order valence-corrected chi connectivity index (χ1v) is 7.36. The highest BCUT2D eigenvalue weighted by Gasteiger charge is 2.33. The standard InChI is InChI=1S/C14H26N2O2/c1-15-13-12(17)8-5-9-16(14(13)18)10-11-6-3-2-4-7-11/h11-13,15,17H,2-10H2,1H3. The van der Waals surface area contributed by atoms with Crippen LogP contribution in [0.1, 0.15) is 44.9 Å². The fraction of sp³-hybridized carbons (Fsp3) is 0.929. The molecule has 18 heavy (non-hydrogen) atoms. The molecule has 2 fully saturated rings. The van der Waals surface area contributed by atoms with Crippen LogP contribution in [0.3, 0.4) is 0 Å². The Labute approximate surface area is 110 Å². The maximum absolute atomic E-state index is 12.4. The van der Waals surface area contributed by atoms with Crippen LogP contribution in [0.25, 0.3) is 0 Å². The number of likely N-dealkylation sites (tertiary alicyclic amines) is 1. The number of nitrogens with one attached hydrogen (secondary N) is 1. The molecule has 2 aliphatic rings. The van der Waals surface area contributed by atoms with Gasteiger partial charge in [0.1, 0.15) is 6.04 Å². The lowest BCUT2D eigenvalue weighted by Gasteiger charge is -2.31. The van der Waals surface area contributed by atoms with Crippen LogP contribution in [0.5, 0.6) is 0 Å². The van der Waals surface area contributed by atoms with Crippen molar-refractivity contribution in [2.75, 3.05) is 20.1 Å². The van der Waals surface area contributed by atoms with Crippen molar-refractivity contribution >= 4 is 5.91 Å². The van der Waals surface area contributed by atoms with Gasteiger partial charge in [0.2, 0.25) is 5.91 Å². The number of hydrogen-bond acceptors (Lipinski definition) is 3. The number of aliphatic hydroxyl groups is 1. The molecule has 1 saturated heterocycles. The van der Waals surface area contributed by atoms with Crippen molar-refractivity contribution in [3.05, 3.63) is 0 Å². The van der Waals surface area contributed by atoms with E-state index in [1.165, 1.54) is 32.1 Å². The van der Waals surface area contributed by atoms with Crippen LogP contribution < -0.4 is 5.32 Å². The highest BCUT2D eigenvalue weighted by molar-refractivity contribution is 5.82. The Morgan fingerprint density at radius 2 is 1.94 bits per heavy atom. The summed E-state index contributed by atoms with van der Waals surface area (Å²) < 4.78 is 0. The largest absolute Gasteiger partial charge is 0.391 e. The molecule has 1 heterocycles. The molecule has 0 bridgehead atoms. The molecule has 2 atom stereocenters. The van der Waals surface area contributed by atoms with E-state index in [0.29, 0.717) is 5.92 Å². The molecule has 0 radical (unpaired) electrons. The minimum atomic E-state index is -0.529. The molecule has 104 valence electrons. The second-order valence-electron chi connectivity index (χ2n) is 5.76. The quantitative estimate of drug-likeness (QED) is 0.794. The van der Waals surface area contributed by atoms with Gasteiger partial charge in [-0.25, -0.2) is 0 Å². The van der Waals surface area contributed by atoms with E-state index in [2.05, 4.69) is 5.32 Å². The first-order valence-electron chi connectivity index (χ1n) is 7.36. The second-order valence-corrected chi connectivity index (χ2v) is 5.76. The topological polar surface area (TPSA) is 52.6 Å². The Morgan fingerprint density at radius 3 is 2.61 bits per heavy atom. The van der Waals surface area contributed by atoms with Gasteiger partial charge in [0.15, 0.2) is 0 Å². The molecule has 0 aromatic rings. The summed E-state index contributed by atoms with van der Waals surface area (Å²) in [5, 5.41) is 12.9. The van der Waals surface area contributed by atoms with Crippen LogP contribution in [0.15, 0.2) is 0 Å². The van der Waals surface area contributed by atoms with Gasteiger partial charge >= 0.3 is 0 Å². The molecule has 2 N–H and O–H groups in total. The number of aliphatic hydroxyl groups excluding tert-OH is 1. The molecule has 2 rings (SSSR count). The Hall–Kier alpha value is -0.610. The maximum atomic E-state index is 12.4. The number of rotatable bonds is 3. The van der Waals surface area contributed by atoms with E-state index in [-0.39, 0.29) is 5.91 Å². The van der Waals surface area contributed by atoms with Crippen molar-refractivity contribution < 1.29 is 9.90 Å². The van der Waals surface area contributed by atoms with Crippen LogP contribution in [-0.4, -0.2) is 48.2 Å². The monoisotopic (exact) mass is 254 g/mol.